The molecule has 1 aliphatic rings. The first-order chi connectivity index (χ1) is 8.15. The molecule has 1 aliphatic heterocycles. The summed E-state index contributed by atoms with van der Waals surface area (Å²) in [5.41, 5.74) is 8.22. The molecule has 1 unspecified atom stereocenters. The van der Waals surface area contributed by atoms with Gasteiger partial charge in [0.05, 0.1) is 19.1 Å². The first kappa shape index (κ1) is 11.9. The van der Waals surface area contributed by atoms with E-state index in [1.807, 2.05) is 25.2 Å². The number of anilines is 2. The molecule has 1 aromatic rings. The maximum Gasteiger partial charge on any atom is 0.231 e. The standard InChI is InChI=1S/C12H17N3O2/c1-14-9-2-3-11-8(4-9)5-12(17)15(11)7-10(16)6-13/h2-4,10,14,16H,5-7,13H2,1H3. The average Bonchev–Trinajstić information content (AvgIpc) is 2.64. The molecule has 0 aromatic heterocycles. The van der Waals surface area contributed by atoms with Gasteiger partial charge in [-0.1, -0.05) is 0 Å². The normalized spacial score (nSPS) is 15.9. The summed E-state index contributed by atoms with van der Waals surface area (Å²) >= 11 is 0. The van der Waals surface area contributed by atoms with Crippen LogP contribution in [0.15, 0.2) is 18.2 Å². The Bertz CT molecular complexity index is 434. The molecule has 5 heteroatoms. The molecular formula is C12H17N3O2. The van der Waals surface area contributed by atoms with Crippen molar-refractivity contribution in [1.29, 1.82) is 0 Å². The predicted octanol–water partition coefficient (Wildman–Crippen LogP) is -0.0630. The van der Waals surface area contributed by atoms with E-state index in [1.54, 1.807) is 4.90 Å². The number of nitrogens with zero attached hydrogens (tertiary/aromatic N) is 1. The molecule has 0 saturated heterocycles. The molecule has 0 fully saturated rings. The van der Waals surface area contributed by atoms with Crippen molar-refractivity contribution < 1.29 is 9.90 Å². The second-order valence-electron chi connectivity index (χ2n) is 4.16. The first-order valence-corrected chi connectivity index (χ1v) is 5.65. The summed E-state index contributed by atoms with van der Waals surface area (Å²) in [4.78, 5) is 13.4. The lowest BCUT2D eigenvalue weighted by Gasteiger charge is -2.20. The Morgan fingerprint density at radius 3 is 3.00 bits per heavy atom. The van der Waals surface area contributed by atoms with E-state index in [2.05, 4.69) is 5.32 Å². The highest BCUT2D eigenvalue weighted by molar-refractivity contribution is 6.01. The molecule has 17 heavy (non-hydrogen) atoms. The Morgan fingerprint density at radius 1 is 1.59 bits per heavy atom. The van der Waals surface area contributed by atoms with Crippen LogP contribution in [0.1, 0.15) is 5.56 Å². The van der Waals surface area contributed by atoms with E-state index in [0.29, 0.717) is 6.42 Å². The summed E-state index contributed by atoms with van der Waals surface area (Å²) in [6, 6.07) is 5.77. The van der Waals surface area contributed by atoms with E-state index in [1.165, 1.54) is 0 Å². The highest BCUT2D eigenvalue weighted by Gasteiger charge is 2.28. The second kappa shape index (κ2) is 4.73. The van der Waals surface area contributed by atoms with Crippen molar-refractivity contribution in [1.82, 2.24) is 0 Å². The van der Waals surface area contributed by atoms with Gasteiger partial charge in [-0.25, -0.2) is 0 Å². The van der Waals surface area contributed by atoms with E-state index in [0.717, 1.165) is 16.9 Å². The van der Waals surface area contributed by atoms with Crippen LogP contribution in [0.25, 0.3) is 0 Å². The fourth-order valence-electron chi connectivity index (χ4n) is 2.02. The van der Waals surface area contributed by atoms with Gasteiger partial charge in [0.2, 0.25) is 5.91 Å². The van der Waals surface area contributed by atoms with Crippen LogP contribution in [0.4, 0.5) is 11.4 Å². The zero-order valence-corrected chi connectivity index (χ0v) is 9.81. The predicted molar refractivity (Wildman–Crippen MR) is 67.1 cm³/mol. The van der Waals surface area contributed by atoms with Crippen molar-refractivity contribution in [3.8, 4) is 0 Å². The van der Waals surface area contributed by atoms with Gasteiger partial charge in [-0.2, -0.15) is 0 Å². The molecule has 2 rings (SSSR count). The number of nitrogens with two attached hydrogens (primary N) is 1. The summed E-state index contributed by atoms with van der Waals surface area (Å²) in [6.07, 6.45) is -0.281. The molecule has 5 nitrogen and oxygen atoms in total. The van der Waals surface area contributed by atoms with Crippen molar-refractivity contribution in [2.45, 2.75) is 12.5 Å². The Kier molecular flexibility index (Phi) is 3.31. The SMILES string of the molecule is CNc1ccc2c(c1)CC(=O)N2CC(O)CN. The van der Waals surface area contributed by atoms with Gasteiger partial charge in [0, 0.05) is 25.0 Å². The molecule has 0 radical (unpaired) electrons. The molecule has 1 amide bonds. The van der Waals surface area contributed by atoms with E-state index in [-0.39, 0.29) is 19.0 Å². The smallest absolute Gasteiger partial charge is 0.231 e. The average molecular weight is 235 g/mol. The summed E-state index contributed by atoms with van der Waals surface area (Å²) in [5, 5.41) is 12.6. The maximum absolute atomic E-state index is 11.8. The Labute approximate surface area is 100 Å². The zero-order valence-electron chi connectivity index (χ0n) is 9.81. The van der Waals surface area contributed by atoms with Crippen LogP contribution < -0.4 is 16.0 Å². The number of aliphatic hydroxyl groups is 1. The fraction of sp³-hybridized carbons (Fsp3) is 0.417. The quantitative estimate of drug-likeness (QED) is 0.683. The summed E-state index contributed by atoms with van der Waals surface area (Å²) in [6.45, 7) is 0.426. The van der Waals surface area contributed by atoms with Crippen LogP contribution in [-0.2, 0) is 11.2 Å². The molecule has 1 atom stereocenters. The van der Waals surface area contributed by atoms with Crippen molar-refractivity contribution in [2.75, 3.05) is 30.4 Å². The molecule has 1 heterocycles. The number of amides is 1. The number of hydrogen-bond donors (Lipinski definition) is 3. The molecular weight excluding hydrogens is 218 g/mol. The van der Waals surface area contributed by atoms with Crippen molar-refractivity contribution in [3.05, 3.63) is 23.8 Å². The molecule has 0 aliphatic carbocycles. The molecule has 1 aromatic carbocycles. The Hall–Kier alpha value is -1.59. The highest BCUT2D eigenvalue weighted by atomic mass is 16.3. The van der Waals surface area contributed by atoms with Crippen LogP contribution in [-0.4, -0.2) is 37.3 Å². The number of carbonyl (C=O) groups is 1. The number of rotatable bonds is 4. The number of carbonyl (C=O) groups excluding carboxylic acids is 1. The molecule has 0 spiro atoms. The number of nitrogens with one attached hydrogen (secondary N) is 1. The molecule has 4 N–H and O–H groups in total. The van der Waals surface area contributed by atoms with Crippen LogP contribution in [0, 0.1) is 0 Å². The minimum absolute atomic E-state index is 0.0146. The second-order valence-corrected chi connectivity index (χ2v) is 4.16. The van der Waals surface area contributed by atoms with Crippen molar-refractivity contribution in [2.24, 2.45) is 5.73 Å². The third-order valence-electron chi connectivity index (χ3n) is 2.97. The number of fused-ring (bicyclic) bond motifs is 1. The van der Waals surface area contributed by atoms with Crippen molar-refractivity contribution in [3.63, 3.8) is 0 Å². The van der Waals surface area contributed by atoms with Crippen LogP contribution >= 0.6 is 0 Å². The van der Waals surface area contributed by atoms with Gasteiger partial charge in [-0.3, -0.25) is 4.79 Å². The highest BCUT2D eigenvalue weighted by Crippen LogP contribution is 2.31. The topological polar surface area (TPSA) is 78.6 Å². The third-order valence-corrected chi connectivity index (χ3v) is 2.97. The summed E-state index contributed by atoms with van der Waals surface area (Å²) in [7, 11) is 1.84. The molecule has 0 bridgehead atoms. The van der Waals surface area contributed by atoms with Crippen LogP contribution in [0.3, 0.4) is 0 Å². The number of benzene rings is 1. The Morgan fingerprint density at radius 2 is 2.35 bits per heavy atom. The summed E-state index contributed by atoms with van der Waals surface area (Å²) in [5.74, 6) is 0.0146. The summed E-state index contributed by atoms with van der Waals surface area (Å²) < 4.78 is 0. The first-order valence-electron chi connectivity index (χ1n) is 5.65. The number of aliphatic hydroxyl groups excluding tert-OH is 1. The monoisotopic (exact) mass is 235 g/mol. The lowest BCUT2D eigenvalue weighted by Crippen LogP contribution is -2.38. The van der Waals surface area contributed by atoms with E-state index in [9.17, 15) is 9.90 Å². The van der Waals surface area contributed by atoms with Gasteiger partial charge in [0.1, 0.15) is 0 Å². The van der Waals surface area contributed by atoms with E-state index < -0.39 is 6.10 Å². The van der Waals surface area contributed by atoms with E-state index >= 15 is 0 Å². The minimum atomic E-state index is -0.672. The van der Waals surface area contributed by atoms with Crippen LogP contribution in [0.2, 0.25) is 0 Å². The van der Waals surface area contributed by atoms with Crippen molar-refractivity contribution >= 4 is 17.3 Å². The zero-order chi connectivity index (χ0) is 12.4. The lowest BCUT2D eigenvalue weighted by atomic mass is 10.1. The van der Waals surface area contributed by atoms with E-state index in [4.69, 9.17) is 5.73 Å². The number of hydrogen-bond acceptors (Lipinski definition) is 4. The minimum Gasteiger partial charge on any atom is -0.390 e. The van der Waals surface area contributed by atoms with Gasteiger partial charge in [-0.05, 0) is 23.8 Å². The largest absolute Gasteiger partial charge is 0.390 e. The molecule has 0 saturated carbocycles. The number of β-amino-alcohol motifs (C(OH)–C–C–N with tert-alkyl or cyclic N) is 1. The maximum atomic E-state index is 11.8. The Balaban J connectivity index is 2.25. The third kappa shape index (κ3) is 2.25. The fourth-order valence-corrected chi connectivity index (χ4v) is 2.02. The van der Waals surface area contributed by atoms with Gasteiger partial charge in [0.15, 0.2) is 0 Å². The van der Waals surface area contributed by atoms with Gasteiger partial charge >= 0.3 is 0 Å². The van der Waals surface area contributed by atoms with Crippen LogP contribution in [0.5, 0.6) is 0 Å². The molecule has 92 valence electrons. The van der Waals surface area contributed by atoms with Gasteiger partial charge in [-0.15, -0.1) is 0 Å². The van der Waals surface area contributed by atoms with Gasteiger partial charge in [0.25, 0.3) is 0 Å². The lowest BCUT2D eigenvalue weighted by molar-refractivity contribution is -0.117. The van der Waals surface area contributed by atoms with Gasteiger partial charge < -0.3 is 21.1 Å².